The Morgan fingerprint density at radius 3 is 2.67 bits per heavy atom. The lowest BCUT2D eigenvalue weighted by atomic mass is 10.2. The molecule has 0 bridgehead atoms. The summed E-state index contributed by atoms with van der Waals surface area (Å²) in [5, 5.41) is 8.07. The van der Waals surface area contributed by atoms with Crippen molar-refractivity contribution in [2.75, 3.05) is 0 Å². The molecule has 0 amide bonds. The van der Waals surface area contributed by atoms with Gasteiger partial charge in [-0.25, -0.2) is 4.39 Å². The molecule has 2 nitrogen and oxygen atoms in total. The Balaban J connectivity index is 3.37. The molecule has 0 aliphatic heterocycles. The summed E-state index contributed by atoms with van der Waals surface area (Å²) < 4.78 is 12.7. The van der Waals surface area contributed by atoms with Crippen LogP contribution in [-0.4, -0.2) is 10.3 Å². The van der Waals surface area contributed by atoms with Crippen LogP contribution in [-0.2, 0) is 0 Å². The van der Waals surface area contributed by atoms with Gasteiger partial charge in [0.25, 0.3) is 5.24 Å². The van der Waals surface area contributed by atoms with Gasteiger partial charge in [-0.15, -0.1) is 0 Å². The predicted octanol–water partition coefficient (Wildman–Crippen LogP) is 2.67. The van der Waals surface area contributed by atoms with Gasteiger partial charge >= 0.3 is 0 Å². The first-order valence-electron chi connectivity index (χ1n) is 2.90. The van der Waals surface area contributed by atoms with E-state index in [0.717, 1.165) is 12.1 Å². The number of hydrogen-bond donors (Lipinski definition) is 1. The van der Waals surface area contributed by atoms with E-state index in [-0.39, 0.29) is 15.8 Å². The molecule has 0 heterocycles. The number of aromatic hydroxyl groups is 1. The second-order valence-corrected chi connectivity index (χ2v) is 3.20. The molecule has 64 valence electrons. The highest BCUT2D eigenvalue weighted by Gasteiger charge is 2.12. The van der Waals surface area contributed by atoms with Crippen LogP contribution in [0, 0.1) is 5.82 Å². The quantitative estimate of drug-likeness (QED) is 0.781. The third-order valence-electron chi connectivity index (χ3n) is 1.22. The molecule has 5 heteroatoms. The summed E-state index contributed by atoms with van der Waals surface area (Å²) in [6.45, 7) is 0. The standard InChI is InChI=1S/C7H3BrClFO2/c8-6-4(7(9)12)1-3(11)2-5(6)10/h1-2,11H. The van der Waals surface area contributed by atoms with Gasteiger partial charge in [0.1, 0.15) is 11.6 Å². The van der Waals surface area contributed by atoms with E-state index in [1.165, 1.54) is 0 Å². The fourth-order valence-corrected chi connectivity index (χ4v) is 1.39. The molecule has 0 spiro atoms. The van der Waals surface area contributed by atoms with Gasteiger partial charge in [0.15, 0.2) is 0 Å². The summed E-state index contributed by atoms with van der Waals surface area (Å²) in [5.74, 6) is -1.06. The number of halogens is 3. The summed E-state index contributed by atoms with van der Waals surface area (Å²) >= 11 is 7.93. The van der Waals surface area contributed by atoms with Crippen molar-refractivity contribution in [1.29, 1.82) is 0 Å². The molecule has 1 rings (SSSR count). The Hall–Kier alpha value is -0.610. The fraction of sp³-hybridized carbons (Fsp3) is 0. The number of hydrogen-bond acceptors (Lipinski definition) is 2. The van der Waals surface area contributed by atoms with E-state index < -0.39 is 11.1 Å². The first kappa shape index (κ1) is 9.48. The highest BCUT2D eigenvalue weighted by molar-refractivity contribution is 9.10. The third-order valence-corrected chi connectivity index (χ3v) is 2.23. The van der Waals surface area contributed by atoms with Crippen LogP contribution in [0.15, 0.2) is 16.6 Å². The number of rotatable bonds is 1. The third kappa shape index (κ3) is 1.76. The van der Waals surface area contributed by atoms with Crippen molar-refractivity contribution in [2.24, 2.45) is 0 Å². The van der Waals surface area contributed by atoms with E-state index in [1.54, 1.807) is 0 Å². The minimum absolute atomic E-state index is 0.0414. The van der Waals surface area contributed by atoms with E-state index in [2.05, 4.69) is 15.9 Å². The van der Waals surface area contributed by atoms with E-state index >= 15 is 0 Å². The summed E-state index contributed by atoms with van der Waals surface area (Å²) in [6.07, 6.45) is 0. The first-order valence-corrected chi connectivity index (χ1v) is 4.07. The van der Waals surface area contributed by atoms with Gasteiger partial charge in [-0.1, -0.05) is 0 Å². The van der Waals surface area contributed by atoms with Gasteiger partial charge in [-0.3, -0.25) is 4.79 Å². The average Bonchev–Trinajstić information content (AvgIpc) is 1.96. The fourth-order valence-electron chi connectivity index (χ4n) is 0.718. The summed E-state index contributed by atoms with van der Waals surface area (Å²) in [6, 6.07) is 1.97. The molecule has 1 N–H and O–H groups in total. The first-order chi connectivity index (χ1) is 5.52. The van der Waals surface area contributed by atoms with E-state index in [1.807, 2.05) is 0 Å². The van der Waals surface area contributed by atoms with E-state index in [4.69, 9.17) is 16.7 Å². The van der Waals surface area contributed by atoms with Crippen LogP contribution in [0.4, 0.5) is 4.39 Å². The summed E-state index contributed by atoms with van der Waals surface area (Å²) in [4.78, 5) is 10.6. The molecule has 1 aromatic rings. The molecule has 1 aromatic carbocycles. The SMILES string of the molecule is O=C(Cl)c1cc(O)cc(F)c1Br. The van der Waals surface area contributed by atoms with Crippen LogP contribution in [0.2, 0.25) is 0 Å². The molecule has 0 unspecified atom stereocenters. The molecule has 0 radical (unpaired) electrons. The number of benzene rings is 1. The maximum atomic E-state index is 12.8. The lowest BCUT2D eigenvalue weighted by Gasteiger charge is -2.00. The van der Waals surface area contributed by atoms with Gasteiger partial charge in [-0.05, 0) is 33.6 Å². The number of phenols is 1. The van der Waals surface area contributed by atoms with Crippen molar-refractivity contribution in [3.05, 3.63) is 28.0 Å². The van der Waals surface area contributed by atoms with Crippen LogP contribution < -0.4 is 0 Å². The van der Waals surface area contributed by atoms with Crippen LogP contribution in [0.1, 0.15) is 10.4 Å². The van der Waals surface area contributed by atoms with Gasteiger partial charge < -0.3 is 5.11 Å². The van der Waals surface area contributed by atoms with Crippen LogP contribution in [0.3, 0.4) is 0 Å². The molecule has 0 saturated carbocycles. The minimum atomic E-state index is -0.823. The zero-order chi connectivity index (χ0) is 9.30. The average molecular weight is 253 g/mol. The molecule has 12 heavy (non-hydrogen) atoms. The maximum Gasteiger partial charge on any atom is 0.253 e. The Kier molecular flexibility index (Phi) is 2.69. The zero-order valence-corrected chi connectivity index (χ0v) is 7.99. The number of phenolic OH excluding ortho intramolecular Hbond substituents is 1. The Morgan fingerprint density at radius 2 is 2.17 bits per heavy atom. The van der Waals surface area contributed by atoms with E-state index in [0.29, 0.717) is 0 Å². The normalized spacial score (nSPS) is 9.92. The van der Waals surface area contributed by atoms with Crippen LogP contribution in [0.25, 0.3) is 0 Å². The molecule has 0 aliphatic rings. The van der Waals surface area contributed by atoms with Crippen molar-refractivity contribution in [3.63, 3.8) is 0 Å². The molecular weight excluding hydrogens is 250 g/mol. The Morgan fingerprint density at radius 1 is 1.58 bits per heavy atom. The van der Waals surface area contributed by atoms with Gasteiger partial charge in [0.2, 0.25) is 0 Å². The van der Waals surface area contributed by atoms with Gasteiger partial charge in [-0.2, -0.15) is 0 Å². The monoisotopic (exact) mass is 252 g/mol. The van der Waals surface area contributed by atoms with Crippen molar-refractivity contribution in [2.45, 2.75) is 0 Å². The molecule has 0 saturated heterocycles. The number of carbonyl (C=O) groups is 1. The molecule has 0 aromatic heterocycles. The summed E-state index contributed by atoms with van der Waals surface area (Å²) in [7, 11) is 0. The summed E-state index contributed by atoms with van der Waals surface area (Å²) in [5.41, 5.74) is -0.0887. The maximum absolute atomic E-state index is 12.8. The molecule has 0 fully saturated rings. The van der Waals surface area contributed by atoms with E-state index in [9.17, 15) is 9.18 Å². The Bertz CT molecular complexity index is 340. The number of carbonyl (C=O) groups excluding carboxylic acids is 1. The molecule has 0 aliphatic carbocycles. The second-order valence-electron chi connectivity index (χ2n) is 2.06. The lowest BCUT2D eigenvalue weighted by Crippen LogP contribution is -1.92. The molecular formula is C7H3BrClFO2. The topological polar surface area (TPSA) is 37.3 Å². The van der Waals surface area contributed by atoms with Crippen LogP contribution in [0.5, 0.6) is 5.75 Å². The predicted molar refractivity (Wildman–Crippen MR) is 45.9 cm³/mol. The van der Waals surface area contributed by atoms with Gasteiger partial charge in [0, 0.05) is 6.07 Å². The zero-order valence-electron chi connectivity index (χ0n) is 5.64. The van der Waals surface area contributed by atoms with Crippen molar-refractivity contribution in [1.82, 2.24) is 0 Å². The lowest BCUT2D eigenvalue weighted by molar-refractivity contribution is 0.108. The van der Waals surface area contributed by atoms with Crippen molar-refractivity contribution >= 4 is 32.8 Å². The van der Waals surface area contributed by atoms with Crippen molar-refractivity contribution in [3.8, 4) is 5.75 Å². The van der Waals surface area contributed by atoms with Crippen molar-refractivity contribution < 1.29 is 14.3 Å². The molecule has 0 atom stereocenters. The smallest absolute Gasteiger partial charge is 0.253 e. The largest absolute Gasteiger partial charge is 0.508 e. The second kappa shape index (κ2) is 3.41. The Labute approximate surface area is 81.1 Å². The van der Waals surface area contributed by atoms with Gasteiger partial charge in [0.05, 0.1) is 10.0 Å². The minimum Gasteiger partial charge on any atom is -0.508 e. The van der Waals surface area contributed by atoms with Crippen LogP contribution >= 0.6 is 27.5 Å². The highest BCUT2D eigenvalue weighted by atomic mass is 79.9. The highest BCUT2D eigenvalue weighted by Crippen LogP contribution is 2.26.